The van der Waals surface area contributed by atoms with Gasteiger partial charge in [0, 0.05) is 6.54 Å². The van der Waals surface area contributed by atoms with Gasteiger partial charge in [0.15, 0.2) is 0 Å². The number of benzene rings is 1. The first kappa shape index (κ1) is 11.5. The van der Waals surface area contributed by atoms with Crippen LogP contribution in [0.1, 0.15) is 17.2 Å². The summed E-state index contributed by atoms with van der Waals surface area (Å²) >= 11 is 3.41. The zero-order valence-corrected chi connectivity index (χ0v) is 9.84. The summed E-state index contributed by atoms with van der Waals surface area (Å²) in [5.74, 6) is 0.760. The Hall–Kier alpha value is -0.580. The first-order valence-corrected chi connectivity index (χ1v) is 5.12. The first-order valence-electron chi connectivity index (χ1n) is 4.33. The molecule has 1 rings (SSSR count). The van der Waals surface area contributed by atoms with Crippen LogP contribution < -0.4 is 10.5 Å². The second-order valence-electron chi connectivity index (χ2n) is 3.05. The fourth-order valence-electron chi connectivity index (χ4n) is 1.32. The number of methoxy groups -OCH3 is 1. The van der Waals surface area contributed by atoms with Crippen molar-refractivity contribution in [2.75, 3.05) is 13.7 Å². The predicted molar refractivity (Wildman–Crippen MR) is 59.4 cm³/mol. The fourth-order valence-corrected chi connectivity index (χ4v) is 1.84. The molecule has 4 heteroatoms. The minimum absolute atomic E-state index is 0.222. The normalized spacial score (nSPS) is 12.6. The minimum Gasteiger partial charge on any atom is -0.496 e. The largest absolute Gasteiger partial charge is 0.496 e. The summed E-state index contributed by atoms with van der Waals surface area (Å²) in [5.41, 5.74) is 7.19. The Bertz CT molecular complexity index is 328. The van der Waals surface area contributed by atoms with E-state index in [0.717, 1.165) is 21.3 Å². The van der Waals surface area contributed by atoms with Gasteiger partial charge in [-0.3, -0.25) is 0 Å². The highest BCUT2D eigenvalue weighted by Crippen LogP contribution is 2.32. The average Bonchev–Trinajstić information content (AvgIpc) is 2.21. The van der Waals surface area contributed by atoms with Crippen molar-refractivity contribution >= 4 is 15.9 Å². The van der Waals surface area contributed by atoms with Crippen molar-refractivity contribution in [2.24, 2.45) is 5.73 Å². The maximum atomic E-state index is 9.61. The smallest absolute Gasteiger partial charge is 0.133 e. The molecule has 0 bridgehead atoms. The first-order chi connectivity index (χ1) is 6.61. The monoisotopic (exact) mass is 259 g/mol. The number of rotatable bonds is 3. The average molecular weight is 260 g/mol. The molecule has 0 saturated heterocycles. The Balaban J connectivity index is 3.17. The van der Waals surface area contributed by atoms with Gasteiger partial charge >= 0.3 is 0 Å². The van der Waals surface area contributed by atoms with Gasteiger partial charge in [-0.25, -0.2) is 0 Å². The SMILES string of the molecule is COc1ccc(C(O)CN)c(C)c1Br. The Kier molecular flexibility index (Phi) is 3.92. The third-order valence-electron chi connectivity index (χ3n) is 2.20. The van der Waals surface area contributed by atoms with Gasteiger partial charge in [0.1, 0.15) is 5.75 Å². The Morgan fingerprint density at radius 3 is 2.71 bits per heavy atom. The quantitative estimate of drug-likeness (QED) is 0.870. The highest BCUT2D eigenvalue weighted by molar-refractivity contribution is 9.10. The fraction of sp³-hybridized carbons (Fsp3) is 0.400. The lowest BCUT2D eigenvalue weighted by Crippen LogP contribution is -2.13. The van der Waals surface area contributed by atoms with Crippen molar-refractivity contribution in [1.82, 2.24) is 0 Å². The topological polar surface area (TPSA) is 55.5 Å². The van der Waals surface area contributed by atoms with E-state index in [1.54, 1.807) is 7.11 Å². The molecule has 0 spiro atoms. The summed E-state index contributed by atoms with van der Waals surface area (Å²) in [7, 11) is 1.61. The molecule has 0 aliphatic carbocycles. The summed E-state index contributed by atoms with van der Waals surface area (Å²) in [6.45, 7) is 2.14. The predicted octanol–water partition coefficient (Wildman–Crippen LogP) is 1.76. The van der Waals surface area contributed by atoms with Gasteiger partial charge in [0.05, 0.1) is 17.7 Å². The molecule has 0 heterocycles. The van der Waals surface area contributed by atoms with Crippen LogP contribution in [0.2, 0.25) is 0 Å². The molecule has 1 aromatic carbocycles. The number of hydrogen-bond acceptors (Lipinski definition) is 3. The molecule has 0 fully saturated rings. The number of ether oxygens (including phenoxy) is 1. The molecule has 0 amide bonds. The van der Waals surface area contributed by atoms with Gasteiger partial charge in [-0.2, -0.15) is 0 Å². The van der Waals surface area contributed by atoms with Crippen molar-refractivity contribution in [1.29, 1.82) is 0 Å². The highest BCUT2D eigenvalue weighted by atomic mass is 79.9. The lowest BCUT2D eigenvalue weighted by atomic mass is 10.0. The van der Waals surface area contributed by atoms with E-state index < -0.39 is 6.10 Å². The van der Waals surface area contributed by atoms with Gasteiger partial charge in [-0.15, -0.1) is 0 Å². The van der Waals surface area contributed by atoms with Gasteiger partial charge in [-0.05, 0) is 40.0 Å². The molecular weight excluding hydrogens is 246 g/mol. The standard InChI is InChI=1S/C10H14BrNO2/c1-6-7(8(13)5-12)3-4-9(14-2)10(6)11/h3-4,8,13H,5,12H2,1-2H3. The van der Waals surface area contributed by atoms with E-state index in [2.05, 4.69) is 15.9 Å². The van der Waals surface area contributed by atoms with E-state index in [1.807, 2.05) is 19.1 Å². The number of hydrogen-bond donors (Lipinski definition) is 2. The summed E-state index contributed by atoms with van der Waals surface area (Å²) in [4.78, 5) is 0. The van der Waals surface area contributed by atoms with Crippen LogP contribution in [0.3, 0.4) is 0 Å². The van der Waals surface area contributed by atoms with E-state index in [9.17, 15) is 5.11 Å². The molecule has 14 heavy (non-hydrogen) atoms. The number of aliphatic hydroxyl groups is 1. The summed E-state index contributed by atoms with van der Waals surface area (Å²) in [6.07, 6.45) is -0.614. The van der Waals surface area contributed by atoms with Gasteiger partial charge in [0.25, 0.3) is 0 Å². The Morgan fingerprint density at radius 2 is 2.21 bits per heavy atom. The molecule has 0 aliphatic heterocycles. The minimum atomic E-state index is -0.614. The zero-order chi connectivity index (χ0) is 10.7. The van der Waals surface area contributed by atoms with Crippen molar-refractivity contribution < 1.29 is 9.84 Å². The molecule has 0 aromatic heterocycles. The van der Waals surface area contributed by atoms with E-state index in [-0.39, 0.29) is 6.54 Å². The van der Waals surface area contributed by atoms with Crippen LogP contribution >= 0.6 is 15.9 Å². The van der Waals surface area contributed by atoms with Crippen molar-refractivity contribution in [3.8, 4) is 5.75 Å². The molecule has 1 unspecified atom stereocenters. The number of aliphatic hydroxyl groups excluding tert-OH is 1. The van der Waals surface area contributed by atoms with Crippen molar-refractivity contribution in [3.63, 3.8) is 0 Å². The number of halogens is 1. The molecule has 3 nitrogen and oxygen atoms in total. The van der Waals surface area contributed by atoms with E-state index in [0.29, 0.717) is 0 Å². The Morgan fingerprint density at radius 1 is 1.57 bits per heavy atom. The maximum Gasteiger partial charge on any atom is 0.133 e. The lowest BCUT2D eigenvalue weighted by Gasteiger charge is -2.14. The lowest BCUT2D eigenvalue weighted by molar-refractivity contribution is 0.186. The molecule has 0 aliphatic rings. The zero-order valence-electron chi connectivity index (χ0n) is 8.25. The second kappa shape index (κ2) is 4.77. The van der Waals surface area contributed by atoms with Gasteiger partial charge < -0.3 is 15.6 Å². The van der Waals surface area contributed by atoms with Crippen LogP contribution in [0.5, 0.6) is 5.75 Å². The van der Waals surface area contributed by atoms with Crippen molar-refractivity contribution in [2.45, 2.75) is 13.0 Å². The summed E-state index contributed by atoms with van der Waals surface area (Å²) < 4.78 is 6.00. The molecule has 78 valence electrons. The second-order valence-corrected chi connectivity index (χ2v) is 3.84. The molecule has 3 N–H and O–H groups in total. The maximum absolute atomic E-state index is 9.61. The molecular formula is C10H14BrNO2. The van der Waals surface area contributed by atoms with Crippen LogP contribution in [0.15, 0.2) is 16.6 Å². The number of nitrogens with two attached hydrogens (primary N) is 1. The van der Waals surface area contributed by atoms with E-state index in [1.165, 1.54) is 0 Å². The van der Waals surface area contributed by atoms with Crippen LogP contribution in [-0.4, -0.2) is 18.8 Å². The van der Waals surface area contributed by atoms with Crippen LogP contribution in [-0.2, 0) is 0 Å². The van der Waals surface area contributed by atoms with Crippen molar-refractivity contribution in [3.05, 3.63) is 27.7 Å². The highest BCUT2D eigenvalue weighted by Gasteiger charge is 2.13. The van der Waals surface area contributed by atoms with Crippen LogP contribution in [0.25, 0.3) is 0 Å². The van der Waals surface area contributed by atoms with E-state index in [4.69, 9.17) is 10.5 Å². The molecule has 1 aromatic rings. The van der Waals surface area contributed by atoms with Gasteiger partial charge in [-0.1, -0.05) is 6.07 Å². The Labute approximate surface area is 92.0 Å². The van der Waals surface area contributed by atoms with Gasteiger partial charge in [0.2, 0.25) is 0 Å². The van der Waals surface area contributed by atoms with Crippen LogP contribution in [0.4, 0.5) is 0 Å². The summed E-state index contributed by atoms with van der Waals surface area (Å²) in [5, 5.41) is 9.61. The third kappa shape index (κ3) is 2.08. The molecule has 0 radical (unpaired) electrons. The molecule has 0 saturated carbocycles. The van der Waals surface area contributed by atoms with Crippen LogP contribution in [0, 0.1) is 6.92 Å². The van der Waals surface area contributed by atoms with E-state index >= 15 is 0 Å². The third-order valence-corrected chi connectivity index (χ3v) is 3.18. The molecule has 1 atom stereocenters. The summed E-state index contributed by atoms with van der Waals surface area (Å²) in [6, 6.07) is 3.64.